The molecule has 0 aliphatic carbocycles. The lowest BCUT2D eigenvalue weighted by molar-refractivity contribution is -0.275. The Hall–Kier alpha value is -0.420. The van der Waals surface area contributed by atoms with Crippen molar-refractivity contribution < 1.29 is 19.3 Å². The summed E-state index contributed by atoms with van der Waals surface area (Å²) in [5, 5.41) is 9.36. The Morgan fingerprint density at radius 1 is 1.58 bits per heavy atom. The van der Waals surface area contributed by atoms with Gasteiger partial charge >= 0.3 is 0 Å². The van der Waals surface area contributed by atoms with E-state index in [1.807, 2.05) is 0 Å². The van der Waals surface area contributed by atoms with Gasteiger partial charge in [-0.05, 0) is 19.1 Å². The zero-order valence-corrected chi connectivity index (χ0v) is 7.48. The molecule has 4 nitrogen and oxygen atoms in total. The van der Waals surface area contributed by atoms with Crippen molar-refractivity contribution >= 4 is 0 Å². The summed E-state index contributed by atoms with van der Waals surface area (Å²) in [4.78, 5) is 0. The average Bonchev–Trinajstić information content (AvgIpc) is 2.48. The molecular weight excluding hydrogens is 160 g/mol. The monoisotopic (exact) mass is 174 g/mol. The first-order valence-corrected chi connectivity index (χ1v) is 3.78. The smallest absolute Gasteiger partial charge is 0.217 e. The van der Waals surface area contributed by atoms with E-state index < -0.39 is 18.2 Å². The van der Waals surface area contributed by atoms with E-state index in [-0.39, 0.29) is 0 Å². The van der Waals surface area contributed by atoms with Gasteiger partial charge in [-0.2, -0.15) is 0 Å². The van der Waals surface area contributed by atoms with E-state index in [9.17, 15) is 5.11 Å². The molecule has 0 bridgehead atoms. The van der Waals surface area contributed by atoms with Crippen molar-refractivity contribution in [2.45, 2.75) is 25.1 Å². The summed E-state index contributed by atoms with van der Waals surface area (Å²) in [6.07, 6.45) is 2.21. The van der Waals surface area contributed by atoms with Gasteiger partial charge in [0.2, 0.25) is 5.79 Å². The fourth-order valence-electron chi connectivity index (χ4n) is 1.12. The molecule has 12 heavy (non-hydrogen) atoms. The van der Waals surface area contributed by atoms with Crippen molar-refractivity contribution in [1.29, 1.82) is 0 Å². The fraction of sp³-hybridized carbons (Fsp3) is 0.750. The molecule has 0 saturated carbocycles. The maximum absolute atomic E-state index is 9.36. The minimum absolute atomic E-state index is 0.431. The van der Waals surface area contributed by atoms with Gasteiger partial charge in [0.1, 0.15) is 6.10 Å². The van der Waals surface area contributed by atoms with E-state index in [0.717, 1.165) is 0 Å². The summed E-state index contributed by atoms with van der Waals surface area (Å²) in [6.45, 7) is 1.60. The van der Waals surface area contributed by atoms with Crippen LogP contribution in [0.15, 0.2) is 12.2 Å². The number of hydrogen-bond donors (Lipinski definition) is 1. The van der Waals surface area contributed by atoms with E-state index in [1.165, 1.54) is 14.2 Å². The second-order valence-corrected chi connectivity index (χ2v) is 2.68. The predicted molar refractivity (Wildman–Crippen MR) is 42.4 cm³/mol. The molecule has 0 spiro atoms. The molecule has 1 rings (SSSR count). The quantitative estimate of drug-likeness (QED) is 0.624. The molecule has 0 saturated heterocycles. The highest BCUT2D eigenvalue weighted by Crippen LogP contribution is 2.27. The van der Waals surface area contributed by atoms with Crippen LogP contribution in [0.4, 0.5) is 0 Å². The molecule has 1 heterocycles. The molecule has 1 N–H and O–H groups in total. The second-order valence-electron chi connectivity index (χ2n) is 2.68. The van der Waals surface area contributed by atoms with Crippen molar-refractivity contribution in [1.82, 2.24) is 0 Å². The van der Waals surface area contributed by atoms with Crippen molar-refractivity contribution in [3.8, 4) is 0 Å². The van der Waals surface area contributed by atoms with Crippen LogP contribution >= 0.6 is 0 Å². The Morgan fingerprint density at radius 2 is 2.25 bits per heavy atom. The highest BCUT2D eigenvalue weighted by Gasteiger charge is 2.40. The number of ether oxygens (including phenoxy) is 3. The first-order valence-electron chi connectivity index (χ1n) is 3.78. The highest BCUT2D eigenvalue weighted by molar-refractivity contribution is 5.07. The van der Waals surface area contributed by atoms with Crippen LogP contribution in [-0.4, -0.2) is 37.5 Å². The molecule has 0 amide bonds. The molecule has 3 atom stereocenters. The SMILES string of the molecule is COC1C=CC(OC)([C@H](C)O)O1. The largest absolute Gasteiger partial charge is 0.387 e. The molecule has 0 aromatic heterocycles. The van der Waals surface area contributed by atoms with E-state index in [1.54, 1.807) is 19.1 Å². The van der Waals surface area contributed by atoms with Crippen LogP contribution in [0.3, 0.4) is 0 Å². The molecule has 1 aliphatic heterocycles. The molecule has 2 unspecified atom stereocenters. The predicted octanol–water partition coefficient (Wildman–Crippen LogP) is 0.269. The van der Waals surface area contributed by atoms with Crippen molar-refractivity contribution in [2.75, 3.05) is 14.2 Å². The van der Waals surface area contributed by atoms with Gasteiger partial charge in [0.25, 0.3) is 0 Å². The summed E-state index contributed by atoms with van der Waals surface area (Å²) in [6, 6.07) is 0. The molecule has 0 radical (unpaired) electrons. The van der Waals surface area contributed by atoms with Gasteiger partial charge in [0, 0.05) is 14.2 Å². The zero-order chi connectivity index (χ0) is 9.19. The summed E-state index contributed by atoms with van der Waals surface area (Å²) < 4.78 is 15.3. The zero-order valence-electron chi connectivity index (χ0n) is 7.48. The third kappa shape index (κ3) is 1.51. The standard InChI is InChI=1S/C8H14O4/c1-6(9)8(11-3)5-4-7(10-2)12-8/h4-7,9H,1-3H3/t6-,7?,8?/m0/s1. The van der Waals surface area contributed by atoms with Gasteiger partial charge < -0.3 is 19.3 Å². The number of aliphatic hydroxyl groups is 1. The van der Waals surface area contributed by atoms with Gasteiger partial charge in [-0.3, -0.25) is 0 Å². The van der Waals surface area contributed by atoms with Crippen LogP contribution in [0.25, 0.3) is 0 Å². The molecule has 0 aromatic rings. The summed E-state index contributed by atoms with van der Waals surface area (Å²) in [5.74, 6) is -1.04. The second kappa shape index (κ2) is 3.53. The van der Waals surface area contributed by atoms with E-state index in [2.05, 4.69) is 0 Å². The number of hydrogen-bond acceptors (Lipinski definition) is 4. The fourth-order valence-corrected chi connectivity index (χ4v) is 1.12. The van der Waals surface area contributed by atoms with Gasteiger partial charge in [-0.25, -0.2) is 0 Å². The number of aliphatic hydroxyl groups excluding tert-OH is 1. The van der Waals surface area contributed by atoms with E-state index in [4.69, 9.17) is 14.2 Å². The molecule has 1 aliphatic rings. The van der Waals surface area contributed by atoms with Crippen LogP contribution < -0.4 is 0 Å². The average molecular weight is 174 g/mol. The van der Waals surface area contributed by atoms with Gasteiger partial charge in [-0.15, -0.1) is 0 Å². The molecule has 0 aromatic carbocycles. The van der Waals surface area contributed by atoms with Crippen LogP contribution in [0.1, 0.15) is 6.92 Å². The lowest BCUT2D eigenvalue weighted by Gasteiger charge is -2.29. The Labute approximate surface area is 71.7 Å². The van der Waals surface area contributed by atoms with Crippen molar-refractivity contribution in [3.63, 3.8) is 0 Å². The van der Waals surface area contributed by atoms with Crippen LogP contribution in [0.2, 0.25) is 0 Å². The maximum Gasteiger partial charge on any atom is 0.217 e. The third-order valence-corrected chi connectivity index (χ3v) is 1.92. The normalized spacial score (nSPS) is 37.2. The van der Waals surface area contributed by atoms with Gasteiger partial charge in [0.15, 0.2) is 6.29 Å². The Balaban J connectivity index is 2.68. The first kappa shape index (κ1) is 9.67. The Morgan fingerprint density at radius 3 is 2.50 bits per heavy atom. The maximum atomic E-state index is 9.36. The summed E-state index contributed by atoms with van der Waals surface area (Å²) in [7, 11) is 3.01. The topological polar surface area (TPSA) is 47.9 Å². The molecule has 4 heteroatoms. The lowest BCUT2D eigenvalue weighted by Crippen LogP contribution is -2.42. The summed E-state index contributed by atoms with van der Waals surface area (Å²) in [5.41, 5.74) is 0. The first-order chi connectivity index (χ1) is 5.64. The molecule has 0 fully saturated rings. The van der Waals surface area contributed by atoms with Crippen LogP contribution in [-0.2, 0) is 14.2 Å². The van der Waals surface area contributed by atoms with Crippen molar-refractivity contribution in [2.24, 2.45) is 0 Å². The number of rotatable bonds is 3. The molecular formula is C8H14O4. The minimum Gasteiger partial charge on any atom is -0.387 e. The van der Waals surface area contributed by atoms with Crippen LogP contribution in [0.5, 0.6) is 0 Å². The van der Waals surface area contributed by atoms with E-state index >= 15 is 0 Å². The van der Waals surface area contributed by atoms with Crippen molar-refractivity contribution in [3.05, 3.63) is 12.2 Å². The highest BCUT2D eigenvalue weighted by atomic mass is 16.8. The number of methoxy groups -OCH3 is 2. The Kier molecular flexibility index (Phi) is 2.85. The van der Waals surface area contributed by atoms with E-state index in [0.29, 0.717) is 0 Å². The van der Waals surface area contributed by atoms with Crippen LogP contribution in [0, 0.1) is 0 Å². The minimum atomic E-state index is -1.04. The lowest BCUT2D eigenvalue weighted by atomic mass is 10.2. The Bertz CT molecular complexity index is 178. The summed E-state index contributed by atoms with van der Waals surface area (Å²) >= 11 is 0. The molecule has 70 valence electrons. The van der Waals surface area contributed by atoms with Gasteiger partial charge in [-0.1, -0.05) is 0 Å². The van der Waals surface area contributed by atoms with Gasteiger partial charge in [0.05, 0.1) is 0 Å². The third-order valence-electron chi connectivity index (χ3n) is 1.92.